The van der Waals surface area contributed by atoms with Gasteiger partial charge in [-0.25, -0.2) is 0 Å². The second-order valence-corrected chi connectivity index (χ2v) is 16.4. The normalized spacial score (nSPS) is 14.0. The molecule has 0 saturated carbocycles. The van der Waals surface area contributed by atoms with Crippen molar-refractivity contribution in [1.82, 2.24) is 14.5 Å². The summed E-state index contributed by atoms with van der Waals surface area (Å²) in [5, 5.41) is 7.60. The van der Waals surface area contributed by atoms with Gasteiger partial charge in [0.05, 0.1) is 22.6 Å². The molecule has 2 aromatic heterocycles. The average molecular weight is 810 g/mol. The Morgan fingerprint density at radius 1 is 0.476 bits per heavy atom. The van der Waals surface area contributed by atoms with Gasteiger partial charge in [-0.1, -0.05) is 159 Å². The monoisotopic (exact) mass is 809 g/mol. The highest BCUT2D eigenvalue weighted by atomic mass is 15.0. The molecule has 0 bridgehead atoms. The number of aromatic nitrogens is 2. The number of fused-ring (bicyclic) bond motifs is 4. The number of hydrogen-bond acceptors (Lipinski definition) is 1. The summed E-state index contributed by atoms with van der Waals surface area (Å²) in [5.41, 5.74) is 19.4. The first kappa shape index (κ1) is 38.1. The van der Waals surface area contributed by atoms with E-state index in [1.165, 1.54) is 94.2 Å². The minimum atomic E-state index is 0.0206. The van der Waals surface area contributed by atoms with Crippen LogP contribution in [0.2, 0.25) is 0 Å². The molecule has 3 heteroatoms. The molecule has 302 valence electrons. The quantitative estimate of drug-likeness (QED) is 0.154. The summed E-state index contributed by atoms with van der Waals surface area (Å²) in [5.74, 6) is 0. The molecular weight excluding hydrogens is 763 g/mol. The summed E-state index contributed by atoms with van der Waals surface area (Å²) in [6.45, 7) is 4.36. The summed E-state index contributed by atoms with van der Waals surface area (Å²) < 4.78 is 4.84. The molecule has 8 aromatic carbocycles. The van der Waals surface area contributed by atoms with E-state index in [1.54, 1.807) is 0 Å². The smallest absolute Gasteiger partial charge is 0.0707 e. The highest BCUT2D eigenvalue weighted by Crippen LogP contribution is 2.39. The lowest BCUT2D eigenvalue weighted by atomic mass is 9.93. The van der Waals surface area contributed by atoms with Gasteiger partial charge in [0.25, 0.3) is 0 Å². The van der Waals surface area contributed by atoms with E-state index in [-0.39, 0.29) is 6.04 Å². The number of dihydropyridines is 1. The summed E-state index contributed by atoms with van der Waals surface area (Å²) in [4.78, 5) is 0. The van der Waals surface area contributed by atoms with Crippen molar-refractivity contribution in [2.24, 2.45) is 0 Å². The number of nitrogens with zero attached hydrogens (tertiary/aromatic N) is 2. The Labute approximate surface area is 369 Å². The molecule has 0 radical (unpaired) electrons. The van der Waals surface area contributed by atoms with Crippen LogP contribution >= 0.6 is 0 Å². The molecule has 1 aliphatic rings. The molecule has 0 saturated heterocycles. The Morgan fingerprint density at radius 3 is 1.71 bits per heavy atom. The first-order valence-corrected chi connectivity index (χ1v) is 22.1. The Kier molecular flexibility index (Phi) is 9.78. The van der Waals surface area contributed by atoms with Crippen LogP contribution < -0.4 is 5.32 Å². The van der Waals surface area contributed by atoms with Crippen molar-refractivity contribution in [2.75, 3.05) is 0 Å². The van der Waals surface area contributed by atoms with Gasteiger partial charge in [0.15, 0.2) is 0 Å². The zero-order valence-corrected chi connectivity index (χ0v) is 35.5. The van der Waals surface area contributed by atoms with Crippen molar-refractivity contribution in [2.45, 2.75) is 26.3 Å². The molecular formula is C60H47N3. The zero-order chi connectivity index (χ0) is 42.3. The van der Waals surface area contributed by atoms with E-state index < -0.39 is 0 Å². The van der Waals surface area contributed by atoms with Crippen LogP contribution in [0.3, 0.4) is 0 Å². The molecule has 11 rings (SSSR count). The van der Waals surface area contributed by atoms with Gasteiger partial charge in [-0.05, 0) is 131 Å². The van der Waals surface area contributed by atoms with E-state index in [1.807, 2.05) is 0 Å². The van der Waals surface area contributed by atoms with E-state index in [4.69, 9.17) is 0 Å². The molecule has 10 aromatic rings. The van der Waals surface area contributed by atoms with Crippen LogP contribution in [-0.4, -0.2) is 9.13 Å². The minimum absolute atomic E-state index is 0.0206. The lowest BCUT2D eigenvalue weighted by Gasteiger charge is -2.26. The lowest BCUT2D eigenvalue weighted by Crippen LogP contribution is -2.21. The van der Waals surface area contributed by atoms with Gasteiger partial charge in [0.2, 0.25) is 0 Å². The second kappa shape index (κ2) is 16.2. The van der Waals surface area contributed by atoms with Gasteiger partial charge in [0.1, 0.15) is 0 Å². The van der Waals surface area contributed by atoms with Crippen molar-refractivity contribution in [3.8, 4) is 33.6 Å². The van der Waals surface area contributed by atoms with Gasteiger partial charge in [0, 0.05) is 44.5 Å². The van der Waals surface area contributed by atoms with Gasteiger partial charge >= 0.3 is 0 Å². The fourth-order valence-corrected chi connectivity index (χ4v) is 9.67. The fourth-order valence-electron chi connectivity index (χ4n) is 9.67. The molecule has 3 nitrogen and oxygen atoms in total. The molecule has 1 aliphatic heterocycles. The molecule has 1 N–H and O–H groups in total. The van der Waals surface area contributed by atoms with Crippen LogP contribution in [0, 0.1) is 0 Å². The fraction of sp³-hybridized carbons (Fsp3) is 0.0667. The van der Waals surface area contributed by atoms with E-state index >= 15 is 0 Å². The number of allylic oxidation sites excluding steroid dienone is 3. The van der Waals surface area contributed by atoms with Gasteiger partial charge < -0.3 is 14.5 Å². The van der Waals surface area contributed by atoms with Crippen LogP contribution in [0.1, 0.15) is 47.8 Å². The molecule has 63 heavy (non-hydrogen) atoms. The third-order valence-corrected chi connectivity index (χ3v) is 12.7. The Balaban J connectivity index is 0.945. The maximum atomic E-state index is 3.84. The maximum absolute atomic E-state index is 3.84. The SMILES string of the molecule is C/C=C\c1c(CC)n(-c2ccccc2)c2ccc(-c3cccc(-c4ccc5c(c4)c4ccccc4n5-c4ccc(C5C=C(c6ccccc6)C=C(c6ccccc6)N5)cc4)c3)cc12. The van der Waals surface area contributed by atoms with Crippen molar-refractivity contribution in [3.05, 3.63) is 246 Å². The number of benzene rings is 8. The van der Waals surface area contributed by atoms with Crippen molar-refractivity contribution in [3.63, 3.8) is 0 Å². The number of para-hydroxylation sites is 2. The van der Waals surface area contributed by atoms with Gasteiger partial charge in [-0.3, -0.25) is 0 Å². The second-order valence-electron chi connectivity index (χ2n) is 16.4. The van der Waals surface area contributed by atoms with E-state index in [9.17, 15) is 0 Å². The van der Waals surface area contributed by atoms with E-state index in [2.05, 4.69) is 253 Å². The largest absolute Gasteiger partial charge is 0.374 e. The zero-order valence-electron chi connectivity index (χ0n) is 35.5. The Hall–Kier alpha value is -7.88. The standard InChI is InChI=1S/C60H47N3/c1-3-17-51-53-37-46(30-34-59(53)62(57(51)4-2)49-24-12-7-13-25-49)44-22-16-23-45(36-44)47-31-35-60-54(38-47)52-26-14-15-27-58(52)63(60)50-32-28-43(29-33-50)56-40-48(41-18-8-5-9-19-41)39-55(61-56)42-20-10-6-11-21-42/h3,5-40,56,61H,4H2,1-2H3/b17-3-. The number of hydrogen-bond donors (Lipinski definition) is 1. The topological polar surface area (TPSA) is 21.9 Å². The minimum Gasteiger partial charge on any atom is -0.374 e. The van der Waals surface area contributed by atoms with Gasteiger partial charge in [-0.15, -0.1) is 0 Å². The summed E-state index contributed by atoms with van der Waals surface area (Å²) in [7, 11) is 0. The highest BCUT2D eigenvalue weighted by molar-refractivity contribution is 6.10. The molecule has 1 atom stereocenters. The molecule has 0 aliphatic carbocycles. The molecule has 0 fully saturated rings. The van der Waals surface area contributed by atoms with Crippen LogP contribution in [0.4, 0.5) is 0 Å². The van der Waals surface area contributed by atoms with Crippen LogP contribution in [-0.2, 0) is 6.42 Å². The molecule has 0 spiro atoms. The summed E-state index contributed by atoms with van der Waals surface area (Å²) in [6, 6.07) is 72.9. The van der Waals surface area contributed by atoms with Crippen LogP contribution in [0.25, 0.3) is 83.7 Å². The first-order chi connectivity index (χ1) is 31.1. The summed E-state index contributed by atoms with van der Waals surface area (Å²) in [6.07, 6.45) is 9.99. The molecule has 3 heterocycles. The predicted molar refractivity (Wildman–Crippen MR) is 267 cm³/mol. The van der Waals surface area contributed by atoms with E-state index in [0.717, 1.165) is 17.8 Å². The van der Waals surface area contributed by atoms with Crippen LogP contribution in [0.5, 0.6) is 0 Å². The lowest BCUT2D eigenvalue weighted by molar-refractivity contribution is 0.766. The van der Waals surface area contributed by atoms with Crippen molar-refractivity contribution < 1.29 is 0 Å². The highest BCUT2D eigenvalue weighted by Gasteiger charge is 2.20. The van der Waals surface area contributed by atoms with Crippen LogP contribution in [0.15, 0.2) is 218 Å². The average Bonchev–Trinajstić information content (AvgIpc) is 3.86. The number of rotatable bonds is 9. The third kappa shape index (κ3) is 6.89. The maximum Gasteiger partial charge on any atom is 0.0707 e. The van der Waals surface area contributed by atoms with Crippen molar-refractivity contribution in [1.29, 1.82) is 0 Å². The first-order valence-electron chi connectivity index (χ1n) is 22.1. The Morgan fingerprint density at radius 2 is 1.03 bits per heavy atom. The van der Waals surface area contributed by atoms with Gasteiger partial charge in [-0.2, -0.15) is 0 Å². The third-order valence-electron chi connectivity index (χ3n) is 12.7. The summed E-state index contributed by atoms with van der Waals surface area (Å²) >= 11 is 0. The Bertz CT molecular complexity index is 3380. The van der Waals surface area contributed by atoms with E-state index in [0.29, 0.717) is 0 Å². The predicted octanol–water partition coefficient (Wildman–Crippen LogP) is 15.4. The molecule has 1 unspecified atom stereocenters. The number of nitrogens with one attached hydrogen (secondary N) is 1. The van der Waals surface area contributed by atoms with Crippen molar-refractivity contribution >= 4 is 50.1 Å². The molecule has 0 amide bonds.